The Kier molecular flexibility index (Phi) is 4.09. The molecular formula is C3H3Cl2F3S. The van der Waals surface area contributed by atoms with Gasteiger partial charge in [0.25, 0.3) is 0 Å². The summed E-state index contributed by atoms with van der Waals surface area (Å²) in [5, 5.41) is -1.65. The minimum atomic E-state index is -4.28. The van der Waals surface area contributed by atoms with Gasteiger partial charge in [-0.15, -0.1) is 11.6 Å². The van der Waals surface area contributed by atoms with Crippen molar-refractivity contribution in [2.45, 2.75) is 11.4 Å². The number of halogens is 5. The van der Waals surface area contributed by atoms with Crippen molar-refractivity contribution in [2.75, 3.05) is 5.88 Å². The van der Waals surface area contributed by atoms with Crippen molar-refractivity contribution in [2.24, 2.45) is 0 Å². The first-order valence-electron chi connectivity index (χ1n) is 1.92. The molecule has 0 amide bonds. The highest BCUT2D eigenvalue weighted by Crippen LogP contribution is 2.32. The highest BCUT2D eigenvalue weighted by atomic mass is 35.7. The van der Waals surface area contributed by atoms with Gasteiger partial charge in [-0.05, 0) is 21.7 Å². The summed E-state index contributed by atoms with van der Waals surface area (Å²) >= 11 is 4.93. The number of hydrogen-bond acceptors (Lipinski definition) is 1. The zero-order chi connectivity index (χ0) is 7.49. The maximum absolute atomic E-state index is 11.5. The van der Waals surface area contributed by atoms with Crippen LogP contribution in [0.2, 0.25) is 0 Å². The molecule has 0 aliphatic carbocycles. The summed E-state index contributed by atoms with van der Waals surface area (Å²) in [6.07, 6.45) is -4.28. The van der Waals surface area contributed by atoms with Gasteiger partial charge in [0.05, 0.1) is 0 Å². The molecule has 0 rings (SSSR count). The molecule has 0 N–H and O–H groups in total. The molecule has 1 atom stereocenters. The molecular weight excluding hydrogens is 196 g/mol. The van der Waals surface area contributed by atoms with E-state index in [9.17, 15) is 13.2 Å². The molecule has 1 unspecified atom stereocenters. The van der Waals surface area contributed by atoms with Crippen LogP contribution in [0.15, 0.2) is 0 Å². The van der Waals surface area contributed by atoms with E-state index < -0.39 is 17.3 Å². The van der Waals surface area contributed by atoms with E-state index in [1.54, 1.807) is 0 Å². The van der Waals surface area contributed by atoms with Crippen molar-refractivity contribution >= 4 is 33.3 Å². The Morgan fingerprint density at radius 3 is 1.89 bits per heavy atom. The maximum atomic E-state index is 11.5. The molecule has 9 heavy (non-hydrogen) atoms. The molecule has 0 radical (unpaired) electrons. The Bertz CT molecular complexity index is 79.6. The highest BCUT2D eigenvalue weighted by Gasteiger charge is 2.39. The van der Waals surface area contributed by atoms with Crippen LogP contribution < -0.4 is 0 Å². The van der Waals surface area contributed by atoms with Crippen LogP contribution in [0, 0.1) is 0 Å². The van der Waals surface area contributed by atoms with E-state index in [1.807, 2.05) is 0 Å². The Morgan fingerprint density at radius 1 is 1.44 bits per heavy atom. The minimum Gasteiger partial charge on any atom is -0.170 e. The van der Waals surface area contributed by atoms with Crippen molar-refractivity contribution in [1.82, 2.24) is 0 Å². The Hall–Kier alpha value is 0.720. The van der Waals surface area contributed by atoms with E-state index in [-0.39, 0.29) is 11.0 Å². The van der Waals surface area contributed by atoms with E-state index in [1.165, 1.54) is 0 Å². The summed E-state index contributed by atoms with van der Waals surface area (Å²) in [6.45, 7) is 0. The van der Waals surface area contributed by atoms with Gasteiger partial charge >= 0.3 is 6.18 Å². The Balaban J connectivity index is 3.79. The molecule has 0 aliphatic heterocycles. The van der Waals surface area contributed by atoms with Gasteiger partial charge in [-0.25, -0.2) is 0 Å². The Morgan fingerprint density at radius 2 is 1.89 bits per heavy atom. The van der Waals surface area contributed by atoms with Crippen LogP contribution >= 0.6 is 33.3 Å². The normalized spacial score (nSPS) is 15.7. The highest BCUT2D eigenvalue weighted by molar-refractivity contribution is 8.21. The lowest BCUT2D eigenvalue weighted by atomic mass is 10.5. The lowest BCUT2D eigenvalue weighted by molar-refractivity contribution is -0.124. The molecule has 0 nitrogen and oxygen atoms in total. The van der Waals surface area contributed by atoms with Gasteiger partial charge < -0.3 is 0 Å². The lowest BCUT2D eigenvalue weighted by Crippen LogP contribution is -2.25. The summed E-state index contributed by atoms with van der Waals surface area (Å²) in [4.78, 5) is 0. The third-order valence-electron chi connectivity index (χ3n) is 0.613. The van der Waals surface area contributed by atoms with Crippen molar-refractivity contribution in [3.63, 3.8) is 0 Å². The summed E-state index contributed by atoms with van der Waals surface area (Å²) < 4.78 is 34.6. The summed E-state index contributed by atoms with van der Waals surface area (Å²) in [5.41, 5.74) is 0. The van der Waals surface area contributed by atoms with E-state index in [4.69, 9.17) is 22.3 Å². The van der Waals surface area contributed by atoms with Crippen LogP contribution in [0.25, 0.3) is 0 Å². The van der Waals surface area contributed by atoms with Gasteiger partial charge in [0, 0.05) is 5.88 Å². The molecule has 0 aromatic heterocycles. The predicted molar refractivity (Wildman–Crippen MR) is 34.0 cm³/mol. The fraction of sp³-hybridized carbons (Fsp3) is 1.00. The molecule has 0 aromatic rings. The van der Waals surface area contributed by atoms with Gasteiger partial charge in [0.1, 0.15) is 5.25 Å². The van der Waals surface area contributed by atoms with Crippen molar-refractivity contribution in [3.8, 4) is 0 Å². The SMILES string of the molecule is FC(F)(F)C(CCl)SCl. The summed E-state index contributed by atoms with van der Waals surface area (Å²) in [6, 6.07) is 0. The molecule has 0 saturated heterocycles. The largest absolute Gasteiger partial charge is 0.402 e. The first kappa shape index (κ1) is 9.72. The van der Waals surface area contributed by atoms with E-state index >= 15 is 0 Å². The quantitative estimate of drug-likeness (QED) is 0.616. The first-order chi connectivity index (χ1) is 4.02. The molecule has 0 aliphatic rings. The molecule has 0 fully saturated rings. The van der Waals surface area contributed by atoms with Gasteiger partial charge in [-0.1, -0.05) is 0 Å². The molecule has 0 heterocycles. The zero-order valence-corrected chi connectivity index (χ0v) is 6.41. The smallest absolute Gasteiger partial charge is 0.170 e. The third-order valence-corrected chi connectivity index (χ3v) is 2.40. The molecule has 0 spiro atoms. The third kappa shape index (κ3) is 3.43. The van der Waals surface area contributed by atoms with Crippen LogP contribution in [0.3, 0.4) is 0 Å². The number of alkyl halides is 4. The standard InChI is InChI=1S/C3H3Cl2F3S/c4-1-2(9-5)3(6,7)8/h2H,1H2. The molecule has 56 valence electrons. The van der Waals surface area contributed by atoms with Crippen LogP contribution in [0.1, 0.15) is 0 Å². The van der Waals surface area contributed by atoms with Gasteiger partial charge in [-0.3, -0.25) is 0 Å². The molecule has 0 bridgehead atoms. The Labute approximate surface area is 64.2 Å². The van der Waals surface area contributed by atoms with Crippen LogP contribution in [0.4, 0.5) is 13.2 Å². The second-order valence-electron chi connectivity index (χ2n) is 1.27. The monoisotopic (exact) mass is 198 g/mol. The molecule has 0 aromatic carbocycles. The average Bonchev–Trinajstić information content (AvgIpc) is 1.65. The topological polar surface area (TPSA) is 0 Å². The minimum absolute atomic E-state index is 0.192. The van der Waals surface area contributed by atoms with Crippen LogP contribution in [-0.2, 0) is 0 Å². The van der Waals surface area contributed by atoms with E-state index in [0.717, 1.165) is 0 Å². The average molecular weight is 199 g/mol. The van der Waals surface area contributed by atoms with Crippen molar-refractivity contribution in [1.29, 1.82) is 0 Å². The number of rotatable bonds is 2. The van der Waals surface area contributed by atoms with Crippen LogP contribution in [-0.4, -0.2) is 17.3 Å². The lowest BCUT2D eigenvalue weighted by Gasteiger charge is -2.12. The molecule has 0 saturated carbocycles. The fourth-order valence-electron chi connectivity index (χ4n) is 0.162. The van der Waals surface area contributed by atoms with Gasteiger partial charge in [0.15, 0.2) is 0 Å². The van der Waals surface area contributed by atoms with Crippen LogP contribution in [0.5, 0.6) is 0 Å². The maximum Gasteiger partial charge on any atom is 0.402 e. The van der Waals surface area contributed by atoms with Crippen molar-refractivity contribution in [3.05, 3.63) is 0 Å². The van der Waals surface area contributed by atoms with E-state index in [0.29, 0.717) is 0 Å². The van der Waals surface area contributed by atoms with Crippen molar-refractivity contribution < 1.29 is 13.2 Å². The van der Waals surface area contributed by atoms with Gasteiger partial charge in [-0.2, -0.15) is 13.2 Å². The predicted octanol–water partition coefficient (Wildman–Crippen LogP) is 3.04. The number of hydrogen-bond donors (Lipinski definition) is 0. The fourth-order valence-corrected chi connectivity index (χ4v) is 1.36. The zero-order valence-electron chi connectivity index (χ0n) is 4.08. The van der Waals surface area contributed by atoms with Gasteiger partial charge in [0.2, 0.25) is 0 Å². The van der Waals surface area contributed by atoms with E-state index in [2.05, 4.69) is 0 Å². The molecule has 6 heteroatoms. The second kappa shape index (κ2) is 3.78. The summed E-state index contributed by atoms with van der Waals surface area (Å²) in [5.74, 6) is -0.502. The first-order valence-corrected chi connectivity index (χ1v) is 4.16. The summed E-state index contributed by atoms with van der Waals surface area (Å²) in [7, 11) is 5.06. The second-order valence-corrected chi connectivity index (χ2v) is 2.86.